The van der Waals surface area contributed by atoms with Gasteiger partial charge in [-0.2, -0.15) is 0 Å². The summed E-state index contributed by atoms with van der Waals surface area (Å²) < 4.78 is 30.2. The molecule has 1 aromatic heterocycles. The molecule has 0 aromatic carbocycles. The second-order valence-electron chi connectivity index (χ2n) is 3.17. The molecule has 0 spiro atoms. The molecule has 1 aromatic rings. The van der Waals surface area contributed by atoms with E-state index in [4.69, 9.17) is 4.42 Å². The first-order chi connectivity index (χ1) is 6.89. The zero-order chi connectivity index (χ0) is 11.6. The highest BCUT2D eigenvalue weighted by atomic mass is 79.9. The fraction of sp³-hybridized carbons (Fsp3) is 0.500. The zero-order valence-electron chi connectivity index (χ0n) is 8.74. The van der Waals surface area contributed by atoms with Crippen molar-refractivity contribution in [3.63, 3.8) is 0 Å². The first-order valence-corrected chi connectivity index (χ1v) is 6.48. The Balaban J connectivity index is 3.16. The van der Waals surface area contributed by atoms with Gasteiger partial charge in [-0.05, 0) is 23.0 Å². The second-order valence-corrected chi connectivity index (χ2v) is 6.01. The third-order valence-corrected chi connectivity index (χ3v) is 4.49. The molecule has 7 heteroatoms. The Morgan fingerprint density at radius 1 is 1.53 bits per heavy atom. The minimum absolute atomic E-state index is 0.151. The van der Waals surface area contributed by atoms with Gasteiger partial charge in [-0.15, -0.1) is 0 Å². The fourth-order valence-electron chi connectivity index (χ4n) is 1.03. The molecule has 0 aliphatic carbocycles. The number of hydrogen-bond acceptors (Lipinski definition) is 4. The van der Waals surface area contributed by atoms with E-state index in [1.165, 1.54) is 20.2 Å². The highest BCUT2D eigenvalue weighted by molar-refractivity contribution is 9.10. The average molecular weight is 297 g/mol. The summed E-state index contributed by atoms with van der Waals surface area (Å²) in [5, 5.41) is 2.88. The van der Waals surface area contributed by atoms with Crippen molar-refractivity contribution >= 4 is 26.0 Å². The van der Waals surface area contributed by atoms with Gasteiger partial charge >= 0.3 is 0 Å². The number of nitrogens with one attached hydrogen (secondary N) is 1. The van der Waals surface area contributed by atoms with Crippen molar-refractivity contribution in [2.24, 2.45) is 0 Å². The molecular formula is C8H13BrN2O3S. The van der Waals surface area contributed by atoms with E-state index in [-0.39, 0.29) is 9.56 Å². The Bertz CT molecular complexity index is 439. The lowest BCUT2D eigenvalue weighted by Crippen LogP contribution is -2.22. The maximum Gasteiger partial charge on any atom is 0.246 e. The van der Waals surface area contributed by atoms with Crippen LogP contribution < -0.4 is 5.32 Å². The van der Waals surface area contributed by atoms with Crippen LogP contribution in [-0.2, 0) is 16.6 Å². The lowest BCUT2D eigenvalue weighted by Gasteiger charge is -2.08. The van der Waals surface area contributed by atoms with E-state index >= 15 is 0 Å². The Hall–Kier alpha value is -0.370. The molecule has 0 amide bonds. The lowest BCUT2D eigenvalue weighted by atomic mass is 10.4. The molecule has 1 N–H and O–H groups in total. The van der Waals surface area contributed by atoms with Crippen LogP contribution in [0.1, 0.15) is 5.76 Å². The molecule has 0 fully saturated rings. The van der Waals surface area contributed by atoms with Gasteiger partial charge in [0, 0.05) is 20.2 Å². The predicted molar refractivity (Wildman–Crippen MR) is 60.0 cm³/mol. The standard InChI is InChI=1S/C8H13BrN2O3S/c1-10-5-6-4-7(8(9)14-6)15(12,13)11(2)3/h4,10H,5H2,1-3H3. The number of nitrogens with zero attached hydrogens (tertiary/aromatic N) is 1. The number of furan rings is 1. The third kappa shape index (κ3) is 2.60. The topological polar surface area (TPSA) is 62.6 Å². The molecule has 0 aliphatic heterocycles. The molecule has 15 heavy (non-hydrogen) atoms. The maximum absolute atomic E-state index is 11.8. The van der Waals surface area contributed by atoms with Crippen LogP contribution in [0, 0.1) is 0 Å². The van der Waals surface area contributed by atoms with Crippen molar-refractivity contribution in [1.29, 1.82) is 0 Å². The van der Waals surface area contributed by atoms with Crippen molar-refractivity contribution in [3.8, 4) is 0 Å². The van der Waals surface area contributed by atoms with Crippen LogP contribution in [-0.4, -0.2) is 33.9 Å². The van der Waals surface area contributed by atoms with Gasteiger partial charge < -0.3 is 9.73 Å². The van der Waals surface area contributed by atoms with Gasteiger partial charge in [0.15, 0.2) is 4.67 Å². The highest BCUT2D eigenvalue weighted by Gasteiger charge is 2.24. The molecule has 0 bridgehead atoms. The fourth-order valence-corrected chi connectivity index (χ4v) is 2.89. The molecule has 0 saturated heterocycles. The molecule has 1 rings (SSSR count). The van der Waals surface area contributed by atoms with Gasteiger partial charge in [0.1, 0.15) is 10.7 Å². The van der Waals surface area contributed by atoms with Crippen LogP contribution in [0.25, 0.3) is 0 Å². The van der Waals surface area contributed by atoms with E-state index < -0.39 is 10.0 Å². The minimum atomic E-state index is -3.44. The summed E-state index contributed by atoms with van der Waals surface area (Å²) in [6.07, 6.45) is 0. The summed E-state index contributed by atoms with van der Waals surface area (Å²) >= 11 is 3.09. The SMILES string of the molecule is CNCc1cc(S(=O)(=O)N(C)C)c(Br)o1. The molecule has 0 radical (unpaired) electrons. The van der Waals surface area contributed by atoms with Crippen LogP contribution in [0.2, 0.25) is 0 Å². The van der Waals surface area contributed by atoms with E-state index in [9.17, 15) is 8.42 Å². The number of hydrogen-bond donors (Lipinski definition) is 1. The van der Waals surface area contributed by atoms with Gasteiger partial charge in [-0.25, -0.2) is 12.7 Å². The summed E-state index contributed by atoms with van der Waals surface area (Å²) in [7, 11) is 1.28. The van der Waals surface area contributed by atoms with Crippen LogP contribution in [0.3, 0.4) is 0 Å². The third-order valence-electron chi connectivity index (χ3n) is 1.82. The number of sulfonamides is 1. The Labute approximate surface area is 97.6 Å². The molecule has 86 valence electrons. The van der Waals surface area contributed by atoms with Crippen molar-refractivity contribution in [1.82, 2.24) is 9.62 Å². The Kier molecular flexibility index (Phi) is 3.93. The first-order valence-electron chi connectivity index (χ1n) is 4.25. The maximum atomic E-state index is 11.8. The minimum Gasteiger partial charge on any atom is -0.452 e. The smallest absolute Gasteiger partial charge is 0.246 e. The van der Waals surface area contributed by atoms with E-state index in [0.29, 0.717) is 12.3 Å². The largest absolute Gasteiger partial charge is 0.452 e. The number of halogens is 1. The van der Waals surface area contributed by atoms with E-state index in [2.05, 4.69) is 21.2 Å². The Morgan fingerprint density at radius 3 is 2.60 bits per heavy atom. The molecule has 0 saturated carbocycles. The van der Waals surface area contributed by atoms with Crippen LogP contribution in [0.4, 0.5) is 0 Å². The van der Waals surface area contributed by atoms with Crippen molar-refractivity contribution in [3.05, 3.63) is 16.5 Å². The highest BCUT2D eigenvalue weighted by Crippen LogP contribution is 2.27. The van der Waals surface area contributed by atoms with Gasteiger partial charge in [-0.3, -0.25) is 0 Å². The lowest BCUT2D eigenvalue weighted by molar-refractivity contribution is 0.467. The van der Waals surface area contributed by atoms with E-state index in [0.717, 1.165) is 4.31 Å². The van der Waals surface area contributed by atoms with E-state index in [1.807, 2.05) is 0 Å². The molecular weight excluding hydrogens is 284 g/mol. The van der Waals surface area contributed by atoms with Gasteiger partial charge in [0.2, 0.25) is 10.0 Å². The number of rotatable bonds is 4. The summed E-state index contributed by atoms with van der Waals surface area (Å²) in [6, 6.07) is 1.51. The predicted octanol–water partition coefficient (Wildman–Crippen LogP) is 1.01. The molecule has 5 nitrogen and oxygen atoms in total. The molecule has 0 atom stereocenters. The van der Waals surface area contributed by atoms with Crippen LogP contribution >= 0.6 is 15.9 Å². The van der Waals surface area contributed by atoms with Crippen LogP contribution in [0.5, 0.6) is 0 Å². The van der Waals surface area contributed by atoms with Gasteiger partial charge in [0.25, 0.3) is 0 Å². The van der Waals surface area contributed by atoms with Crippen LogP contribution in [0.15, 0.2) is 20.0 Å². The van der Waals surface area contributed by atoms with Crippen molar-refractivity contribution in [2.45, 2.75) is 11.4 Å². The zero-order valence-corrected chi connectivity index (χ0v) is 11.1. The van der Waals surface area contributed by atoms with Crippen molar-refractivity contribution < 1.29 is 12.8 Å². The Morgan fingerprint density at radius 2 is 2.13 bits per heavy atom. The summed E-state index contributed by atoms with van der Waals surface area (Å²) in [4.78, 5) is 0.151. The first kappa shape index (κ1) is 12.7. The van der Waals surface area contributed by atoms with E-state index in [1.54, 1.807) is 7.05 Å². The quantitative estimate of drug-likeness (QED) is 0.901. The summed E-state index contributed by atoms with van der Waals surface area (Å²) in [6.45, 7) is 0.488. The van der Waals surface area contributed by atoms with Gasteiger partial charge in [0.05, 0.1) is 6.54 Å². The monoisotopic (exact) mass is 296 g/mol. The summed E-state index contributed by atoms with van der Waals surface area (Å²) in [5.74, 6) is 0.574. The van der Waals surface area contributed by atoms with Crippen molar-refractivity contribution in [2.75, 3.05) is 21.1 Å². The molecule has 0 aliphatic rings. The normalized spacial score (nSPS) is 12.3. The van der Waals surface area contributed by atoms with Gasteiger partial charge in [-0.1, -0.05) is 0 Å². The second kappa shape index (κ2) is 4.65. The molecule has 1 heterocycles. The molecule has 0 unspecified atom stereocenters. The average Bonchev–Trinajstić information content (AvgIpc) is 2.47. The summed E-state index contributed by atoms with van der Waals surface area (Å²) in [5.41, 5.74) is 0.